The summed E-state index contributed by atoms with van der Waals surface area (Å²) in [7, 11) is 0. The summed E-state index contributed by atoms with van der Waals surface area (Å²) in [6.07, 6.45) is 2.32. The van der Waals surface area contributed by atoms with Crippen LogP contribution in [0.2, 0.25) is 0 Å². The summed E-state index contributed by atoms with van der Waals surface area (Å²) in [4.78, 5) is 10.4. The fourth-order valence-corrected chi connectivity index (χ4v) is 1.39. The second-order valence-corrected chi connectivity index (χ2v) is 3.56. The van der Waals surface area contributed by atoms with Crippen LogP contribution in [0.25, 0.3) is 0 Å². The standard InChI is InChI=1S/C12H18N2O/c13-12(15)7-4-9-14-10-8-11-5-2-1-3-6-11/h1-3,5-6,14H,4,7-10H2,(H2,13,15). The van der Waals surface area contributed by atoms with Crippen LogP contribution in [0, 0.1) is 0 Å². The predicted octanol–water partition coefficient (Wildman–Crippen LogP) is 1.08. The molecule has 1 aromatic carbocycles. The first-order valence-electron chi connectivity index (χ1n) is 5.32. The van der Waals surface area contributed by atoms with Gasteiger partial charge in [0, 0.05) is 6.42 Å². The lowest BCUT2D eigenvalue weighted by atomic mass is 10.1. The molecule has 0 bridgehead atoms. The Morgan fingerprint density at radius 2 is 1.93 bits per heavy atom. The molecule has 1 rings (SSSR count). The van der Waals surface area contributed by atoms with Crippen molar-refractivity contribution in [1.82, 2.24) is 5.32 Å². The Labute approximate surface area is 90.7 Å². The van der Waals surface area contributed by atoms with E-state index in [2.05, 4.69) is 17.4 Å². The van der Waals surface area contributed by atoms with E-state index in [1.807, 2.05) is 18.2 Å². The van der Waals surface area contributed by atoms with Gasteiger partial charge in [-0.15, -0.1) is 0 Å². The summed E-state index contributed by atoms with van der Waals surface area (Å²) >= 11 is 0. The van der Waals surface area contributed by atoms with Crippen molar-refractivity contribution < 1.29 is 4.79 Å². The van der Waals surface area contributed by atoms with Gasteiger partial charge in [0.2, 0.25) is 5.91 Å². The smallest absolute Gasteiger partial charge is 0.217 e. The van der Waals surface area contributed by atoms with Crippen LogP contribution in [0.1, 0.15) is 18.4 Å². The van der Waals surface area contributed by atoms with Gasteiger partial charge in [-0.05, 0) is 31.5 Å². The molecule has 0 aliphatic rings. The number of nitrogens with one attached hydrogen (secondary N) is 1. The normalized spacial score (nSPS) is 10.1. The Morgan fingerprint density at radius 3 is 2.60 bits per heavy atom. The minimum atomic E-state index is -0.222. The molecule has 0 aliphatic heterocycles. The maximum Gasteiger partial charge on any atom is 0.217 e. The first-order chi connectivity index (χ1) is 7.29. The highest BCUT2D eigenvalue weighted by Crippen LogP contribution is 1.98. The molecule has 3 N–H and O–H groups in total. The number of primary amides is 1. The van der Waals surface area contributed by atoms with Gasteiger partial charge in [0.15, 0.2) is 0 Å². The lowest BCUT2D eigenvalue weighted by Gasteiger charge is -2.03. The van der Waals surface area contributed by atoms with Gasteiger partial charge in [-0.25, -0.2) is 0 Å². The van der Waals surface area contributed by atoms with Crippen LogP contribution in [-0.4, -0.2) is 19.0 Å². The summed E-state index contributed by atoms with van der Waals surface area (Å²) < 4.78 is 0. The van der Waals surface area contributed by atoms with Gasteiger partial charge < -0.3 is 11.1 Å². The molecule has 82 valence electrons. The molecule has 1 amide bonds. The van der Waals surface area contributed by atoms with E-state index in [0.717, 1.165) is 25.9 Å². The number of hydrogen-bond donors (Lipinski definition) is 2. The topological polar surface area (TPSA) is 55.1 Å². The fraction of sp³-hybridized carbons (Fsp3) is 0.417. The Bertz CT molecular complexity index is 285. The minimum Gasteiger partial charge on any atom is -0.370 e. The van der Waals surface area contributed by atoms with E-state index in [-0.39, 0.29) is 5.91 Å². The second kappa shape index (κ2) is 7.01. The van der Waals surface area contributed by atoms with Crippen LogP contribution < -0.4 is 11.1 Å². The highest BCUT2D eigenvalue weighted by molar-refractivity contribution is 5.73. The van der Waals surface area contributed by atoms with Gasteiger partial charge in [-0.3, -0.25) is 4.79 Å². The first-order valence-corrected chi connectivity index (χ1v) is 5.32. The Balaban J connectivity index is 2.00. The second-order valence-electron chi connectivity index (χ2n) is 3.56. The highest BCUT2D eigenvalue weighted by atomic mass is 16.1. The number of carbonyl (C=O) groups excluding carboxylic acids is 1. The third-order valence-corrected chi connectivity index (χ3v) is 2.21. The molecule has 3 nitrogen and oxygen atoms in total. The predicted molar refractivity (Wildman–Crippen MR) is 61.4 cm³/mol. The van der Waals surface area contributed by atoms with E-state index in [9.17, 15) is 4.79 Å². The van der Waals surface area contributed by atoms with Crippen molar-refractivity contribution in [2.24, 2.45) is 5.73 Å². The minimum absolute atomic E-state index is 0.222. The summed E-state index contributed by atoms with van der Waals surface area (Å²) in [6, 6.07) is 10.3. The zero-order valence-corrected chi connectivity index (χ0v) is 8.91. The van der Waals surface area contributed by atoms with Crippen molar-refractivity contribution in [3.63, 3.8) is 0 Å². The number of benzene rings is 1. The van der Waals surface area contributed by atoms with Gasteiger partial charge in [0.05, 0.1) is 0 Å². The van der Waals surface area contributed by atoms with Gasteiger partial charge >= 0.3 is 0 Å². The van der Waals surface area contributed by atoms with Crippen LogP contribution in [0.4, 0.5) is 0 Å². The van der Waals surface area contributed by atoms with Crippen LogP contribution >= 0.6 is 0 Å². The monoisotopic (exact) mass is 206 g/mol. The molecule has 0 heterocycles. The van der Waals surface area contributed by atoms with E-state index in [4.69, 9.17) is 5.73 Å². The van der Waals surface area contributed by atoms with Gasteiger partial charge in [-0.2, -0.15) is 0 Å². The third-order valence-electron chi connectivity index (χ3n) is 2.21. The third kappa shape index (κ3) is 5.86. The Morgan fingerprint density at radius 1 is 1.20 bits per heavy atom. The average Bonchev–Trinajstić information content (AvgIpc) is 2.24. The zero-order chi connectivity index (χ0) is 10.9. The molecule has 0 unspecified atom stereocenters. The van der Waals surface area contributed by atoms with Crippen LogP contribution in [0.3, 0.4) is 0 Å². The zero-order valence-electron chi connectivity index (χ0n) is 8.91. The maximum absolute atomic E-state index is 10.4. The summed E-state index contributed by atoms with van der Waals surface area (Å²) in [6.45, 7) is 1.80. The van der Waals surface area contributed by atoms with E-state index in [0.29, 0.717) is 6.42 Å². The number of nitrogens with two attached hydrogens (primary N) is 1. The van der Waals surface area contributed by atoms with Crippen molar-refractivity contribution in [1.29, 1.82) is 0 Å². The Kier molecular flexibility index (Phi) is 5.48. The largest absolute Gasteiger partial charge is 0.370 e. The molecule has 1 aromatic rings. The molecular formula is C12H18N2O. The maximum atomic E-state index is 10.4. The van der Waals surface area contributed by atoms with Gasteiger partial charge in [-0.1, -0.05) is 30.3 Å². The lowest BCUT2D eigenvalue weighted by molar-refractivity contribution is -0.118. The molecule has 0 saturated carbocycles. The SMILES string of the molecule is NC(=O)CCCNCCc1ccccc1. The molecule has 3 heteroatoms. The quantitative estimate of drug-likeness (QED) is 0.656. The fourth-order valence-electron chi connectivity index (χ4n) is 1.39. The van der Waals surface area contributed by atoms with Gasteiger partial charge in [0.1, 0.15) is 0 Å². The van der Waals surface area contributed by atoms with Crippen LogP contribution in [-0.2, 0) is 11.2 Å². The lowest BCUT2D eigenvalue weighted by Crippen LogP contribution is -2.20. The van der Waals surface area contributed by atoms with E-state index in [1.54, 1.807) is 0 Å². The Hall–Kier alpha value is -1.35. The van der Waals surface area contributed by atoms with Crippen LogP contribution in [0.5, 0.6) is 0 Å². The average molecular weight is 206 g/mol. The molecule has 0 saturated heterocycles. The molecular weight excluding hydrogens is 188 g/mol. The number of amides is 1. The van der Waals surface area contributed by atoms with Crippen molar-refractivity contribution in [2.45, 2.75) is 19.3 Å². The van der Waals surface area contributed by atoms with Crippen molar-refractivity contribution >= 4 is 5.91 Å². The summed E-state index contributed by atoms with van der Waals surface area (Å²) in [5.41, 5.74) is 6.36. The molecule has 0 aromatic heterocycles. The highest BCUT2D eigenvalue weighted by Gasteiger charge is 1.94. The first kappa shape index (κ1) is 11.7. The van der Waals surface area contributed by atoms with Gasteiger partial charge in [0.25, 0.3) is 0 Å². The van der Waals surface area contributed by atoms with Crippen molar-refractivity contribution in [3.8, 4) is 0 Å². The van der Waals surface area contributed by atoms with Crippen LogP contribution in [0.15, 0.2) is 30.3 Å². The van der Waals surface area contributed by atoms with Crippen molar-refractivity contribution in [2.75, 3.05) is 13.1 Å². The number of hydrogen-bond acceptors (Lipinski definition) is 2. The summed E-state index contributed by atoms with van der Waals surface area (Å²) in [5.74, 6) is -0.222. The molecule has 0 aliphatic carbocycles. The molecule has 0 radical (unpaired) electrons. The van der Waals surface area contributed by atoms with Crippen molar-refractivity contribution in [3.05, 3.63) is 35.9 Å². The molecule has 0 fully saturated rings. The summed E-state index contributed by atoms with van der Waals surface area (Å²) in [5, 5.41) is 3.28. The number of carbonyl (C=O) groups is 1. The molecule has 0 atom stereocenters. The molecule has 15 heavy (non-hydrogen) atoms. The molecule has 0 spiro atoms. The van der Waals surface area contributed by atoms with E-state index < -0.39 is 0 Å². The van der Waals surface area contributed by atoms with E-state index >= 15 is 0 Å². The number of rotatable bonds is 7. The van der Waals surface area contributed by atoms with E-state index in [1.165, 1.54) is 5.56 Å².